The summed E-state index contributed by atoms with van der Waals surface area (Å²) in [5.41, 5.74) is 0. The molecule has 0 rings (SSSR count). The van der Waals surface area contributed by atoms with Gasteiger partial charge in [0.15, 0.2) is 6.10 Å². The third-order valence-electron chi connectivity index (χ3n) is 16.5. The first kappa shape index (κ1) is 91.6. The molecule has 548 valence electrons. The number of allylic oxidation sites excluding steroid dienone is 26. The van der Waals surface area contributed by atoms with Crippen LogP contribution in [0.25, 0.3) is 0 Å². The van der Waals surface area contributed by atoms with Crippen molar-refractivity contribution in [3.8, 4) is 0 Å². The molecule has 0 aliphatic rings. The number of carbonyl (C=O) groups is 2. The number of hydrogen-bond donors (Lipinski definition) is 0. The van der Waals surface area contributed by atoms with Crippen LogP contribution in [0.5, 0.6) is 0 Å². The van der Waals surface area contributed by atoms with Crippen molar-refractivity contribution in [2.24, 2.45) is 0 Å². The summed E-state index contributed by atoms with van der Waals surface area (Å²) >= 11 is 0. The van der Waals surface area contributed by atoms with E-state index in [1.165, 1.54) is 167 Å². The van der Waals surface area contributed by atoms with Crippen molar-refractivity contribution in [2.45, 2.75) is 328 Å². The molecular weight excluding hydrogens is 1210 g/mol. The van der Waals surface area contributed by atoms with E-state index in [0.717, 1.165) is 122 Å². The lowest BCUT2D eigenvalue weighted by molar-refractivity contribution is -0.870. The highest BCUT2D eigenvalue weighted by Gasteiger charge is 2.22. The van der Waals surface area contributed by atoms with Crippen LogP contribution in [-0.4, -0.2) is 70.0 Å². The Morgan fingerprint density at radius 2 is 0.562 bits per heavy atom. The predicted octanol–water partition coefficient (Wildman–Crippen LogP) is 25.6. The molecule has 0 aliphatic heterocycles. The second kappa shape index (κ2) is 74.8. The summed E-state index contributed by atoms with van der Waals surface area (Å²) < 4.78 is 34.3. The number of quaternary nitrogens is 1. The Bertz CT molecular complexity index is 2180. The average Bonchev–Trinajstić information content (AvgIpc) is 1.97. The minimum atomic E-state index is -4.66. The van der Waals surface area contributed by atoms with Crippen molar-refractivity contribution in [1.82, 2.24) is 0 Å². The number of ether oxygens (including phenoxy) is 2. The average molecular weight is 1350 g/mol. The summed E-state index contributed by atoms with van der Waals surface area (Å²) in [6, 6.07) is 0. The summed E-state index contributed by atoms with van der Waals surface area (Å²) in [6.07, 6.45) is 112. The predicted molar refractivity (Wildman–Crippen MR) is 415 cm³/mol. The van der Waals surface area contributed by atoms with Gasteiger partial charge < -0.3 is 27.9 Å². The lowest BCUT2D eigenvalue weighted by Crippen LogP contribution is -2.37. The number of esters is 2. The fourth-order valence-electron chi connectivity index (χ4n) is 10.6. The smallest absolute Gasteiger partial charge is 0.306 e. The van der Waals surface area contributed by atoms with Crippen molar-refractivity contribution < 1.29 is 42.1 Å². The molecule has 0 saturated heterocycles. The zero-order valence-electron chi connectivity index (χ0n) is 62.5. The molecular formula is C86H146NO8P. The third-order valence-corrected chi connectivity index (χ3v) is 17.5. The molecule has 0 N–H and O–H groups in total. The van der Waals surface area contributed by atoms with Crippen LogP contribution in [0.1, 0.15) is 322 Å². The molecule has 9 nitrogen and oxygen atoms in total. The molecule has 0 spiro atoms. The van der Waals surface area contributed by atoms with Crippen molar-refractivity contribution in [1.29, 1.82) is 0 Å². The van der Waals surface area contributed by atoms with E-state index in [2.05, 4.69) is 172 Å². The van der Waals surface area contributed by atoms with E-state index >= 15 is 0 Å². The van der Waals surface area contributed by atoms with Crippen molar-refractivity contribution >= 4 is 19.8 Å². The quantitative estimate of drug-likeness (QED) is 0.0195. The molecule has 0 saturated carbocycles. The number of likely N-dealkylation sites (N-methyl/N-ethyl adjacent to an activating group) is 1. The summed E-state index contributed by atoms with van der Waals surface area (Å²) in [5, 5.41) is 0. The van der Waals surface area contributed by atoms with E-state index in [9.17, 15) is 19.0 Å². The Hall–Kier alpha value is -4.37. The number of hydrogen-bond acceptors (Lipinski definition) is 8. The minimum absolute atomic E-state index is 0.0438. The highest BCUT2D eigenvalue weighted by atomic mass is 31.2. The molecule has 0 amide bonds. The molecule has 0 aliphatic carbocycles. The van der Waals surface area contributed by atoms with Gasteiger partial charge in [0.2, 0.25) is 0 Å². The summed E-state index contributed by atoms with van der Waals surface area (Å²) in [7, 11) is 1.13. The lowest BCUT2D eigenvalue weighted by Gasteiger charge is -2.28. The third kappa shape index (κ3) is 78.6. The van der Waals surface area contributed by atoms with E-state index in [1.54, 1.807) is 0 Å². The first-order chi connectivity index (χ1) is 47.0. The number of rotatable bonds is 71. The minimum Gasteiger partial charge on any atom is -0.756 e. The van der Waals surface area contributed by atoms with Gasteiger partial charge in [-0.05, 0) is 122 Å². The maximum atomic E-state index is 12.9. The van der Waals surface area contributed by atoms with E-state index in [0.29, 0.717) is 17.4 Å². The fraction of sp³-hybridized carbons (Fsp3) is 0.674. The van der Waals surface area contributed by atoms with Gasteiger partial charge in [-0.25, -0.2) is 0 Å². The Morgan fingerprint density at radius 3 is 0.844 bits per heavy atom. The van der Waals surface area contributed by atoms with Crippen molar-refractivity contribution in [3.05, 3.63) is 158 Å². The second-order valence-corrected chi connectivity index (χ2v) is 28.4. The second-order valence-electron chi connectivity index (χ2n) is 27.0. The molecule has 0 heterocycles. The highest BCUT2D eigenvalue weighted by molar-refractivity contribution is 7.45. The standard InChI is InChI=1S/C86H146NO8P/c1-6-8-10-12-14-16-18-20-22-24-26-28-30-32-34-36-38-39-40-41-42-43-44-45-46-47-49-50-52-54-56-58-60-62-64-66-68-70-72-74-76-78-85(88)92-82-84(83-94-96(90,91)93-81-80-87(3,4)5)95-86(89)79-77-75-73-71-69-67-65-63-61-59-57-55-53-51-48-37-35-33-31-29-27-25-23-21-19-17-15-13-11-9-7-2/h8-11,14-17,20-23,26-29,33,35,48,51,55,57,61,63,67,69,84H,6-7,12-13,18-19,24-25,30-32,34,36-47,49-50,52-54,56,58-60,62,64-66,68,70-83H2,1-5H3/b10-8-,11-9-,16-14-,17-15-,22-20-,23-21-,28-26-,29-27-,35-33-,51-48-,57-55-,63-61-,69-67-. The fourth-order valence-corrected chi connectivity index (χ4v) is 11.4. The lowest BCUT2D eigenvalue weighted by atomic mass is 10.0. The summed E-state index contributed by atoms with van der Waals surface area (Å²) in [5.74, 6) is -0.870. The number of carbonyl (C=O) groups excluding carboxylic acids is 2. The molecule has 2 atom stereocenters. The Balaban J connectivity index is 4.01. The van der Waals surface area contributed by atoms with Crippen LogP contribution in [0.15, 0.2) is 158 Å². The maximum Gasteiger partial charge on any atom is 0.306 e. The monoisotopic (exact) mass is 1350 g/mol. The van der Waals surface area contributed by atoms with Crippen LogP contribution in [0.2, 0.25) is 0 Å². The Kier molecular flexibility index (Phi) is 71.4. The molecule has 0 radical (unpaired) electrons. The van der Waals surface area contributed by atoms with Crippen LogP contribution in [0.3, 0.4) is 0 Å². The van der Waals surface area contributed by atoms with Gasteiger partial charge in [-0.3, -0.25) is 14.2 Å². The van der Waals surface area contributed by atoms with Crippen LogP contribution in [0, 0.1) is 0 Å². The number of unbranched alkanes of at least 4 members (excludes halogenated alkanes) is 31. The number of phosphoric acid groups is 1. The molecule has 96 heavy (non-hydrogen) atoms. The van der Waals surface area contributed by atoms with Crippen LogP contribution < -0.4 is 4.89 Å². The molecule has 0 aromatic heterocycles. The highest BCUT2D eigenvalue weighted by Crippen LogP contribution is 2.38. The van der Waals surface area contributed by atoms with Crippen LogP contribution in [-0.2, 0) is 32.7 Å². The molecule has 2 unspecified atom stereocenters. The van der Waals surface area contributed by atoms with Crippen molar-refractivity contribution in [2.75, 3.05) is 47.5 Å². The molecule has 0 fully saturated rings. The Morgan fingerprint density at radius 1 is 0.323 bits per heavy atom. The van der Waals surface area contributed by atoms with E-state index < -0.39 is 32.5 Å². The zero-order chi connectivity index (χ0) is 69.7. The largest absolute Gasteiger partial charge is 0.756 e. The summed E-state index contributed by atoms with van der Waals surface area (Å²) in [4.78, 5) is 38.1. The van der Waals surface area contributed by atoms with E-state index in [1.807, 2.05) is 21.1 Å². The SMILES string of the molecule is CC/C=C\C/C=C\C/C=C\C/C=C\C/C=C\C/C=C\C/C=C\C/C=C\C/C=C\CCCCCC(=O)OC(COC(=O)CCCCCCCCCCCCCCCCCCCCCCCCCCCCCC/C=C\C/C=C\C/C=C\C/C=C\CC)COP(=O)([O-])OCC[N+](C)(C)C. The van der Waals surface area contributed by atoms with E-state index in [4.69, 9.17) is 18.5 Å². The Labute approximate surface area is 592 Å². The van der Waals surface area contributed by atoms with Gasteiger partial charge >= 0.3 is 11.9 Å². The van der Waals surface area contributed by atoms with Gasteiger partial charge in [0.1, 0.15) is 19.8 Å². The van der Waals surface area contributed by atoms with Gasteiger partial charge in [-0.2, -0.15) is 0 Å². The topological polar surface area (TPSA) is 111 Å². The van der Waals surface area contributed by atoms with Crippen molar-refractivity contribution in [3.63, 3.8) is 0 Å². The van der Waals surface area contributed by atoms with Crippen LogP contribution in [0.4, 0.5) is 0 Å². The van der Waals surface area contributed by atoms with Gasteiger partial charge in [0.05, 0.1) is 27.7 Å². The van der Waals surface area contributed by atoms with Gasteiger partial charge in [-0.1, -0.05) is 345 Å². The molecule has 0 aromatic carbocycles. The normalized spacial score (nSPS) is 13.9. The first-order valence-corrected chi connectivity index (χ1v) is 40.7. The molecule has 0 aromatic rings. The zero-order valence-corrected chi connectivity index (χ0v) is 63.4. The number of phosphoric ester groups is 1. The molecule has 0 bridgehead atoms. The first-order valence-electron chi connectivity index (χ1n) is 39.2. The van der Waals surface area contributed by atoms with Gasteiger partial charge in [-0.15, -0.1) is 0 Å². The van der Waals surface area contributed by atoms with Gasteiger partial charge in [0.25, 0.3) is 7.82 Å². The summed E-state index contributed by atoms with van der Waals surface area (Å²) in [6.45, 7) is 3.99. The van der Waals surface area contributed by atoms with Gasteiger partial charge in [0, 0.05) is 12.8 Å². The number of nitrogens with zero attached hydrogens (tertiary/aromatic N) is 1. The van der Waals surface area contributed by atoms with E-state index in [-0.39, 0.29) is 26.1 Å². The molecule has 10 heteroatoms. The van der Waals surface area contributed by atoms with Crippen LogP contribution >= 0.6 is 7.82 Å². The maximum absolute atomic E-state index is 12.9.